The monoisotopic (exact) mass is 422 g/mol. The molecule has 1 aromatic carbocycles. The fraction of sp³-hybridized carbons (Fsp3) is 0.769. The van der Waals surface area contributed by atoms with E-state index in [2.05, 4.69) is 13.0 Å². The highest BCUT2D eigenvalue weighted by Gasteiger charge is 2.32. The lowest BCUT2D eigenvalue weighted by atomic mass is 9.68. The van der Waals surface area contributed by atoms with Crippen molar-refractivity contribution in [1.82, 2.24) is 0 Å². The average molecular weight is 423 g/mol. The van der Waals surface area contributed by atoms with Crippen LogP contribution in [0.1, 0.15) is 95.6 Å². The van der Waals surface area contributed by atoms with E-state index >= 15 is 0 Å². The first-order valence-electron chi connectivity index (χ1n) is 12.1. The van der Waals surface area contributed by atoms with Crippen LogP contribution < -0.4 is 0 Å². The Kier molecular flexibility index (Phi) is 8.86. The van der Waals surface area contributed by atoms with Gasteiger partial charge in [0, 0.05) is 0 Å². The summed E-state index contributed by atoms with van der Waals surface area (Å²) in [5, 5.41) is 10.2. The highest BCUT2D eigenvalue weighted by atomic mass is 35.5. The van der Waals surface area contributed by atoms with Gasteiger partial charge in [0.15, 0.2) is 0 Å². The molecule has 0 spiro atoms. The lowest BCUT2D eigenvalue weighted by Crippen LogP contribution is -2.29. The summed E-state index contributed by atoms with van der Waals surface area (Å²) in [5.74, 6) is 2.87. The summed E-state index contributed by atoms with van der Waals surface area (Å²) in [6.45, 7) is 4.08. The summed E-state index contributed by atoms with van der Waals surface area (Å²) in [6.07, 6.45) is 15.1. The second-order valence-electron chi connectivity index (χ2n) is 9.85. The molecule has 1 N–H and O–H groups in total. The second kappa shape index (κ2) is 11.1. The molecule has 2 aliphatic carbocycles. The van der Waals surface area contributed by atoms with Crippen LogP contribution in [0.4, 0.5) is 4.39 Å². The fourth-order valence-electron chi connectivity index (χ4n) is 5.79. The highest BCUT2D eigenvalue weighted by Crippen LogP contribution is 2.43. The minimum atomic E-state index is -0.186. The topological polar surface area (TPSA) is 20.2 Å². The molecule has 3 rings (SSSR count). The van der Waals surface area contributed by atoms with Crippen LogP contribution in [0.3, 0.4) is 0 Å². The van der Waals surface area contributed by atoms with Crippen LogP contribution >= 0.6 is 11.6 Å². The molecule has 1 atom stereocenters. The summed E-state index contributed by atoms with van der Waals surface area (Å²) in [7, 11) is 0. The van der Waals surface area contributed by atoms with Crippen molar-refractivity contribution < 1.29 is 9.50 Å². The third-order valence-electron chi connectivity index (χ3n) is 7.92. The molecular weight excluding hydrogens is 383 g/mol. The standard InChI is InChI=1S/C26H40ClFO/c1-3-4-5-24-17-16-23(25(27)26(24)28)11-8-19-6-9-21(10-7-19)22-14-12-20(13-15-22)18(2)29/h16-22,29H,3-15H2,1-2H3. The molecule has 0 radical (unpaired) electrons. The van der Waals surface area contributed by atoms with Crippen LogP contribution in [0, 0.1) is 29.5 Å². The van der Waals surface area contributed by atoms with Crippen LogP contribution in [-0.4, -0.2) is 11.2 Å². The highest BCUT2D eigenvalue weighted by molar-refractivity contribution is 6.31. The first-order chi connectivity index (χ1) is 14.0. The Labute approximate surface area is 182 Å². The summed E-state index contributed by atoms with van der Waals surface area (Å²) in [5.41, 5.74) is 1.76. The first-order valence-corrected chi connectivity index (χ1v) is 12.5. The Hall–Kier alpha value is -0.600. The number of halogens is 2. The minimum Gasteiger partial charge on any atom is -0.393 e. The van der Waals surface area contributed by atoms with E-state index in [-0.39, 0.29) is 11.9 Å². The van der Waals surface area contributed by atoms with Gasteiger partial charge in [-0.05, 0) is 106 Å². The van der Waals surface area contributed by atoms with Crippen LogP contribution in [0.5, 0.6) is 0 Å². The van der Waals surface area contributed by atoms with Gasteiger partial charge in [0.2, 0.25) is 0 Å². The maximum atomic E-state index is 14.5. The summed E-state index contributed by atoms with van der Waals surface area (Å²) < 4.78 is 14.5. The molecule has 1 unspecified atom stereocenters. The minimum absolute atomic E-state index is 0.135. The Bertz CT molecular complexity index is 628. The molecule has 0 heterocycles. The molecule has 2 fully saturated rings. The molecule has 29 heavy (non-hydrogen) atoms. The number of aryl methyl sites for hydroxylation is 2. The van der Waals surface area contributed by atoms with Crippen LogP contribution in [-0.2, 0) is 12.8 Å². The molecular formula is C26H40ClFO. The number of aliphatic hydroxyl groups is 1. The largest absolute Gasteiger partial charge is 0.393 e. The lowest BCUT2D eigenvalue weighted by Gasteiger charge is -2.38. The van der Waals surface area contributed by atoms with Crippen molar-refractivity contribution in [3.05, 3.63) is 34.1 Å². The van der Waals surface area contributed by atoms with E-state index in [4.69, 9.17) is 11.6 Å². The van der Waals surface area contributed by atoms with Crippen molar-refractivity contribution in [3.8, 4) is 0 Å². The number of aliphatic hydroxyl groups excluding tert-OH is 1. The van der Waals surface area contributed by atoms with Gasteiger partial charge in [-0.1, -0.05) is 49.9 Å². The molecule has 164 valence electrons. The maximum absolute atomic E-state index is 14.5. The predicted molar refractivity (Wildman–Crippen MR) is 121 cm³/mol. The van der Waals surface area contributed by atoms with Crippen molar-refractivity contribution in [1.29, 1.82) is 0 Å². The van der Waals surface area contributed by atoms with E-state index in [0.29, 0.717) is 10.9 Å². The predicted octanol–water partition coefficient (Wildman–Crippen LogP) is 7.75. The van der Waals surface area contributed by atoms with Gasteiger partial charge in [-0.2, -0.15) is 0 Å². The van der Waals surface area contributed by atoms with Gasteiger partial charge in [-0.3, -0.25) is 0 Å². The van der Waals surface area contributed by atoms with E-state index < -0.39 is 0 Å². The average Bonchev–Trinajstić information content (AvgIpc) is 2.74. The Morgan fingerprint density at radius 2 is 1.55 bits per heavy atom. The third kappa shape index (κ3) is 6.20. The molecule has 2 saturated carbocycles. The number of hydrogen-bond donors (Lipinski definition) is 1. The van der Waals surface area contributed by atoms with Crippen LogP contribution in [0.15, 0.2) is 12.1 Å². The fourth-order valence-corrected chi connectivity index (χ4v) is 6.07. The molecule has 1 aromatic rings. The van der Waals surface area contributed by atoms with E-state index in [1.807, 2.05) is 13.0 Å². The molecule has 0 bridgehead atoms. The Morgan fingerprint density at radius 1 is 0.966 bits per heavy atom. The van der Waals surface area contributed by atoms with Gasteiger partial charge in [0.25, 0.3) is 0 Å². The van der Waals surface area contributed by atoms with Crippen molar-refractivity contribution in [2.75, 3.05) is 0 Å². The van der Waals surface area contributed by atoms with Gasteiger partial charge in [-0.25, -0.2) is 4.39 Å². The Balaban J connectivity index is 1.43. The molecule has 1 nitrogen and oxygen atoms in total. The maximum Gasteiger partial charge on any atom is 0.145 e. The van der Waals surface area contributed by atoms with Crippen molar-refractivity contribution >= 4 is 11.6 Å². The zero-order valence-electron chi connectivity index (χ0n) is 18.4. The first kappa shape index (κ1) is 23.1. The van der Waals surface area contributed by atoms with Crippen LogP contribution in [0.2, 0.25) is 5.02 Å². The SMILES string of the molecule is CCCCc1ccc(CCC2CCC(C3CCC(C(C)O)CC3)CC2)c(Cl)c1F. The Morgan fingerprint density at radius 3 is 2.14 bits per heavy atom. The molecule has 0 aliphatic heterocycles. The molecule has 2 aliphatic rings. The van der Waals surface area contributed by atoms with E-state index in [9.17, 15) is 9.50 Å². The van der Waals surface area contributed by atoms with Gasteiger partial charge >= 0.3 is 0 Å². The van der Waals surface area contributed by atoms with Crippen LogP contribution in [0.25, 0.3) is 0 Å². The summed E-state index contributed by atoms with van der Waals surface area (Å²) in [6, 6.07) is 4.01. The number of unbranched alkanes of at least 4 members (excludes halogenated alkanes) is 1. The zero-order chi connectivity index (χ0) is 20.8. The van der Waals surface area contributed by atoms with Gasteiger partial charge in [-0.15, -0.1) is 0 Å². The summed E-state index contributed by atoms with van der Waals surface area (Å²) >= 11 is 6.36. The smallest absolute Gasteiger partial charge is 0.145 e. The normalized spacial score (nSPS) is 29.0. The number of rotatable bonds is 8. The molecule has 0 saturated heterocycles. The van der Waals surface area contributed by atoms with Gasteiger partial charge in [0.05, 0.1) is 11.1 Å². The van der Waals surface area contributed by atoms with Crippen molar-refractivity contribution in [2.24, 2.45) is 23.7 Å². The van der Waals surface area contributed by atoms with E-state index in [1.165, 1.54) is 51.4 Å². The molecule has 3 heteroatoms. The second-order valence-corrected chi connectivity index (χ2v) is 10.2. The van der Waals surface area contributed by atoms with Gasteiger partial charge < -0.3 is 5.11 Å². The van der Waals surface area contributed by atoms with Gasteiger partial charge in [0.1, 0.15) is 5.82 Å². The lowest BCUT2D eigenvalue weighted by molar-refractivity contribution is 0.0682. The van der Waals surface area contributed by atoms with Crippen molar-refractivity contribution in [3.63, 3.8) is 0 Å². The van der Waals surface area contributed by atoms with E-state index in [0.717, 1.165) is 61.0 Å². The molecule has 0 aromatic heterocycles. The zero-order valence-corrected chi connectivity index (χ0v) is 19.2. The number of hydrogen-bond acceptors (Lipinski definition) is 1. The van der Waals surface area contributed by atoms with Crippen molar-refractivity contribution in [2.45, 2.75) is 103 Å². The molecule has 0 amide bonds. The summed E-state index contributed by atoms with van der Waals surface area (Å²) in [4.78, 5) is 0. The van der Waals surface area contributed by atoms with E-state index in [1.54, 1.807) is 0 Å². The third-order valence-corrected chi connectivity index (χ3v) is 8.33. The number of benzene rings is 1. The quantitative estimate of drug-likeness (QED) is 0.454.